The van der Waals surface area contributed by atoms with Crippen LogP contribution in [0.25, 0.3) is 0 Å². The lowest BCUT2D eigenvalue weighted by atomic mass is 10.1. The third-order valence-corrected chi connectivity index (χ3v) is 6.14. The van der Waals surface area contributed by atoms with Gasteiger partial charge in [0.15, 0.2) is 0 Å². The number of hydrogen-bond acceptors (Lipinski definition) is 6. The fourth-order valence-electron chi connectivity index (χ4n) is 3.71. The summed E-state index contributed by atoms with van der Waals surface area (Å²) in [4.78, 5) is 51.8. The molecule has 4 rings (SSSR count). The molecule has 0 aliphatic carbocycles. The van der Waals surface area contributed by atoms with E-state index in [4.69, 9.17) is 27.9 Å². The molecule has 0 saturated heterocycles. The Balaban J connectivity index is 1.48. The largest absolute Gasteiger partial charge is 0.459 e. The highest BCUT2D eigenvalue weighted by molar-refractivity contribution is 6.53. The van der Waals surface area contributed by atoms with Crippen molar-refractivity contribution in [1.82, 2.24) is 0 Å². The molecule has 1 aliphatic heterocycles. The number of hydrogen-bond donors (Lipinski definition) is 2. The third-order valence-electron chi connectivity index (χ3n) is 5.55. The van der Waals surface area contributed by atoms with Crippen molar-refractivity contribution in [2.45, 2.75) is 26.9 Å². The van der Waals surface area contributed by atoms with Crippen LogP contribution < -0.4 is 15.5 Å². The Labute approximate surface area is 229 Å². The van der Waals surface area contributed by atoms with Gasteiger partial charge in [-0.3, -0.25) is 14.4 Å². The van der Waals surface area contributed by atoms with Crippen LogP contribution in [0.2, 0.25) is 5.02 Å². The molecule has 3 amide bonds. The van der Waals surface area contributed by atoms with Crippen molar-refractivity contribution in [2.24, 2.45) is 0 Å². The average molecular weight is 552 g/mol. The molecule has 1 heterocycles. The van der Waals surface area contributed by atoms with Crippen LogP contribution in [0.4, 0.5) is 17.1 Å². The molecular formula is C28H23Cl2N3O5. The summed E-state index contributed by atoms with van der Waals surface area (Å²) in [5.41, 5.74) is 2.40. The molecule has 194 valence electrons. The monoisotopic (exact) mass is 551 g/mol. The van der Waals surface area contributed by atoms with Gasteiger partial charge in [-0.2, -0.15) is 0 Å². The lowest BCUT2D eigenvalue weighted by molar-refractivity contribution is -0.120. The highest BCUT2D eigenvalue weighted by atomic mass is 35.5. The van der Waals surface area contributed by atoms with Gasteiger partial charge in [0.05, 0.1) is 17.4 Å². The van der Waals surface area contributed by atoms with Gasteiger partial charge in [0.2, 0.25) is 0 Å². The minimum atomic E-state index is -0.681. The van der Waals surface area contributed by atoms with Crippen LogP contribution in [0.15, 0.2) is 77.5 Å². The number of rotatable bonds is 7. The third kappa shape index (κ3) is 5.72. The van der Waals surface area contributed by atoms with Gasteiger partial charge in [0.1, 0.15) is 10.7 Å². The summed E-state index contributed by atoms with van der Waals surface area (Å²) in [5.74, 6) is -2.19. The Morgan fingerprint density at radius 1 is 0.868 bits per heavy atom. The molecule has 2 N–H and O–H groups in total. The number of amides is 3. The van der Waals surface area contributed by atoms with E-state index < -0.39 is 23.7 Å². The van der Waals surface area contributed by atoms with E-state index in [-0.39, 0.29) is 22.4 Å². The highest BCUT2D eigenvalue weighted by Gasteiger charge is 2.39. The second-order valence-electron chi connectivity index (χ2n) is 8.76. The first kappa shape index (κ1) is 26.9. The van der Waals surface area contributed by atoms with E-state index in [0.29, 0.717) is 33.2 Å². The molecule has 0 radical (unpaired) electrons. The molecule has 10 heteroatoms. The smallest absolute Gasteiger partial charge is 0.338 e. The summed E-state index contributed by atoms with van der Waals surface area (Å²) < 4.78 is 5.16. The number of anilines is 3. The molecule has 0 unspecified atom stereocenters. The van der Waals surface area contributed by atoms with Crippen LogP contribution in [0.5, 0.6) is 0 Å². The maximum absolute atomic E-state index is 13.1. The van der Waals surface area contributed by atoms with Gasteiger partial charge in [0, 0.05) is 22.0 Å². The molecule has 3 aromatic carbocycles. The number of carbonyl (C=O) groups is 4. The number of carbonyl (C=O) groups excluding carboxylic acids is 4. The number of benzene rings is 3. The Kier molecular flexibility index (Phi) is 7.85. The SMILES string of the molecule is Cc1ccc(Cl)cc1N1C(=O)C(Cl)=C(Nc2cccc(C(=O)Nc3ccc(C(=O)OC(C)C)cc3)c2)C1=O. The van der Waals surface area contributed by atoms with E-state index in [1.54, 1.807) is 75.4 Å². The van der Waals surface area contributed by atoms with Crippen molar-refractivity contribution < 1.29 is 23.9 Å². The quantitative estimate of drug-likeness (QED) is 0.279. The normalized spacial score (nSPS) is 13.3. The van der Waals surface area contributed by atoms with Crippen LogP contribution in [0.3, 0.4) is 0 Å². The number of imide groups is 1. The Morgan fingerprint density at radius 3 is 2.26 bits per heavy atom. The molecule has 8 nitrogen and oxygen atoms in total. The maximum atomic E-state index is 13.1. The van der Waals surface area contributed by atoms with Gasteiger partial charge < -0.3 is 15.4 Å². The maximum Gasteiger partial charge on any atom is 0.338 e. The first-order valence-electron chi connectivity index (χ1n) is 11.6. The Hall–Kier alpha value is -4.14. The first-order chi connectivity index (χ1) is 18.0. The number of aryl methyl sites for hydroxylation is 1. The summed E-state index contributed by atoms with van der Waals surface area (Å²) in [5, 5.41) is 5.71. The Bertz CT molecular complexity index is 1480. The molecule has 3 aromatic rings. The van der Waals surface area contributed by atoms with Crippen molar-refractivity contribution in [3.63, 3.8) is 0 Å². The van der Waals surface area contributed by atoms with Crippen molar-refractivity contribution in [3.05, 3.63) is 99.2 Å². The molecule has 1 aliphatic rings. The van der Waals surface area contributed by atoms with Gasteiger partial charge >= 0.3 is 5.97 Å². The van der Waals surface area contributed by atoms with Gasteiger partial charge in [-0.1, -0.05) is 35.3 Å². The molecule has 38 heavy (non-hydrogen) atoms. The fourth-order valence-corrected chi connectivity index (χ4v) is 4.09. The highest BCUT2D eigenvalue weighted by Crippen LogP contribution is 2.33. The Morgan fingerprint density at radius 2 is 1.58 bits per heavy atom. The van der Waals surface area contributed by atoms with Crippen LogP contribution in [-0.4, -0.2) is 29.8 Å². The van der Waals surface area contributed by atoms with Crippen LogP contribution in [0.1, 0.15) is 40.1 Å². The second kappa shape index (κ2) is 11.1. The number of esters is 1. The first-order valence-corrected chi connectivity index (χ1v) is 12.3. The van der Waals surface area contributed by atoms with E-state index in [9.17, 15) is 19.2 Å². The van der Waals surface area contributed by atoms with Gasteiger partial charge in [0.25, 0.3) is 17.7 Å². The lowest BCUT2D eigenvalue weighted by Crippen LogP contribution is -2.32. The van der Waals surface area contributed by atoms with E-state index in [1.807, 2.05) is 0 Å². The number of ether oxygens (including phenoxy) is 1. The molecule has 0 bridgehead atoms. The van der Waals surface area contributed by atoms with E-state index >= 15 is 0 Å². The zero-order valence-corrected chi connectivity index (χ0v) is 22.2. The van der Waals surface area contributed by atoms with Gasteiger partial charge in [-0.25, -0.2) is 9.69 Å². The predicted molar refractivity (Wildman–Crippen MR) is 147 cm³/mol. The summed E-state index contributed by atoms with van der Waals surface area (Å²) >= 11 is 12.3. The lowest BCUT2D eigenvalue weighted by Gasteiger charge is -2.18. The number of halogens is 2. The van der Waals surface area contributed by atoms with Crippen LogP contribution in [-0.2, 0) is 14.3 Å². The zero-order chi connectivity index (χ0) is 27.6. The average Bonchev–Trinajstić information content (AvgIpc) is 3.08. The van der Waals surface area contributed by atoms with Crippen molar-refractivity contribution in [1.29, 1.82) is 0 Å². The summed E-state index contributed by atoms with van der Waals surface area (Å²) in [6.07, 6.45) is -0.241. The van der Waals surface area contributed by atoms with E-state index in [2.05, 4.69) is 10.6 Å². The molecule has 0 aromatic heterocycles. The topological polar surface area (TPSA) is 105 Å². The van der Waals surface area contributed by atoms with Crippen molar-refractivity contribution in [2.75, 3.05) is 15.5 Å². The second-order valence-corrected chi connectivity index (χ2v) is 9.57. The van der Waals surface area contributed by atoms with Crippen LogP contribution in [0, 0.1) is 6.92 Å². The molecular weight excluding hydrogens is 529 g/mol. The number of nitrogens with one attached hydrogen (secondary N) is 2. The van der Waals surface area contributed by atoms with Crippen molar-refractivity contribution >= 4 is 64.0 Å². The molecule has 0 atom stereocenters. The van der Waals surface area contributed by atoms with Gasteiger partial charge in [-0.05, 0) is 80.9 Å². The molecule has 0 saturated carbocycles. The predicted octanol–water partition coefficient (Wildman–Crippen LogP) is 5.90. The van der Waals surface area contributed by atoms with E-state index in [1.165, 1.54) is 12.1 Å². The summed E-state index contributed by atoms with van der Waals surface area (Å²) in [7, 11) is 0. The van der Waals surface area contributed by atoms with Crippen molar-refractivity contribution in [3.8, 4) is 0 Å². The minimum absolute atomic E-state index is 0.113. The fraction of sp³-hybridized carbons (Fsp3) is 0.143. The zero-order valence-electron chi connectivity index (χ0n) is 20.7. The number of nitrogens with zero attached hydrogens (tertiary/aromatic N) is 1. The standard InChI is InChI=1S/C28H23Cl2N3O5/c1-15(2)38-28(37)17-8-11-20(12-9-17)32-25(34)18-5-4-6-21(13-18)31-24-23(30)26(35)33(27(24)36)22-14-19(29)10-7-16(22)3/h4-15,31H,1-3H3,(H,32,34). The summed E-state index contributed by atoms with van der Waals surface area (Å²) in [6.45, 7) is 5.27. The van der Waals surface area contributed by atoms with Gasteiger partial charge in [-0.15, -0.1) is 0 Å². The molecule has 0 fully saturated rings. The van der Waals surface area contributed by atoms with E-state index in [0.717, 1.165) is 4.90 Å². The minimum Gasteiger partial charge on any atom is -0.459 e. The molecule has 0 spiro atoms. The van der Waals surface area contributed by atoms with Crippen LogP contribution >= 0.6 is 23.2 Å². The summed E-state index contributed by atoms with van der Waals surface area (Å²) in [6, 6.07) is 17.5.